The number of carboxylic acid groups (broad SMARTS) is 1. The van der Waals surface area contributed by atoms with Gasteiger partial charge in [-0.3, -0.25) is 14.4 Å². The molecule has 1 N–H and O–H groups in total. The first-order valence-electron chi connectivity index (χ1n) is 9.52. The van der Waals surface area contributed by atoms with E-state index in [1.807, 2.05) is 0 Å². The predicted octanol–water partition coefficient (Wildman–Crippen LogP) is 0.979. The summed E-state index contributed by atoms with van der Waals surface area (Å²) in [5, 5.41) is 9.36. The number of benzene rings is 1. The van der Waals surface area contributed by atoms with Gasteiger partial charge in [0.1, 0.15) is 0 Å². The molecule has 2 amide bonds. The number of likely N-dealkylation sites (tertiary alicyclic amines) is 1. The van der Waals surface area contributed by atoms with Gasteiger partial charge in [0.05, 0.1) is 6.61 Å². The molecule has 2 unspecified atom stereocenters. The third-order valence-corrected chi connectivity index (χ3v) is 5.07. The summed E-state index contributed by atoms with van der Waals surface area (Å²) in [6.07, 6.45) is -1.25. The minimum absolute atomic E-state index is 0.0746. The van der Waals surface area contributed by atoms with Gasteiger partial charge in [-0.05, 0) is 37.5 Å². The molecule has 1 aromatic rings. The molecule has 1 aromatic carbocycles. The van der Waals surface area contributed by atoms with Gasteiger partial charge in [0.25, 0.3) is 11.8 Å². The molecule has 9 heteroatoms. The molecule has 0 aliphatic carbocycles. The number of anilines is 1. The van der Waals surface area contributed by atoms with Gasteiger partial charge in [0.2, 0.25) is 6.10 Å². The van der Waals surface area contributed by atoms with Crippen LogP contribution in [0.5, 0.6) is 0 Å². The van der Waals surface area contributed by atoms with E-state index in [0.29, 0.717) is 24.3 Å². The summed E-state index contributed by atoms with van der Waals surface area (Å²) in [5.41, 5.74) is 1.75. The number of morpholine rings is 1. The maximum absolute atomic E-state index is 13.0. The van der Waals surface area contributed by atoms with E-state index in [4.69, 9.17) is 9.47 Å². The Morgan fingerprint density at radius 2 is 1.90 bits per heavy atom. The fourth-order valence-electron chi connectivity index (χ4n) is 3.62. The van der Waals surface area contributed by atoms with Crippen LogP contribution in [0.1, 0.15) is 35.7 Å². The normalized spacial score (nSPS) is 20.5. The largest absolute Gasteiger partial charge is 0.478 e. The van der Waals surface area contributed by atoms with Crippen molar-refractivity contribution in [2.45, 2.75) is 38.9 Å². The zero-order valence-corrected chi connectivity index (χ0v) is 16.4. The molecular weight excluding hydrogens is 380 g/mol. The van der Waals surface area contributed by atoms with Gasteiger partial charge in [-0.1, -0.05) is 6.07 Å². The summed E-state index contributed by atoms with van der Waals surface area (Å²) in [7, 11) is 0. The van der Waals surface area contributed by atoms with Gasteiger partial charge < -0.3 is 24.4 Å². The number of nitrogens with zero attached hydrogens (tertiary/aromatic N) is 2. The Hall–Kier alpha value is -2.94. The van der Waals surface area contributed by atoms with Crippen molar-refractivity contribution in [3.63, 3.8) is 0 Å². The van der Waals surface area contributed by atoms with Crippen LogP contribution in [0.25, 0.3) is 0 Å². The zero-order chi connectivity index (χ0) is 21.1. The van der Waals surface area contributed by atoms with Crippen molar-refractivity contribution >= 4 is 29.4 Å². The summed E-state index contributed by atoms with van der Waals surface area (Å²) in [6, 6.07) is 5.13. The van der Waals surface area contributed by atoms with E-state index >= 15 is 0 Å². The van der Waals surface area contributed by atoms with Crippen molar-refractivity contribution in [2.75, 3.05) is 31.1 Å². The molecule has 0 spiro atoms. The summed E-state index contributed by atoms with van der Waals surface area (Å²) < 4.78 is 10.1. The number of aryl methyl sites for hydroxylation is 1. The molecule has 0 bridgehead atoms. The SMILES string of the molecule is CC(=O)OC(C(=O)O)C1OCCN(c2cc(C(=O)N3CCCC3)ccc2C)C1=O. The van der Waals surface area contributed by atoms with Crippen molar-refractivity contribution in [1.29, 1.82) is 0 Å². The molecule has 2 atom stereocenters. The lowest BCUT2D eigenvalue weighted by atomic mass is 10.1. The van der Waals surface area contributed by atoms with E-state index in [-0.39, 0.29) is 19.1 Å². The Bertz CT molecular complexity index is 832. The highest BCUT2D eigenvalue weighted by molar-refractivity contribution is 6.02. The van der Waals surface area contributed by atoms with Crippen LogP contribution in [0, 0.1) is 6.92 Å². The fraction of sp³-hybridized carbons (Fsp3) is 0.500. The van der Waals surface area contributed by atoms with E-state index in [2.05, 4.69) is 0 Å². The Morgan fingerprint density at radius 3 is 2.52 bits per heavy atom. The molecule has 2 saturated heterocycles. The molecule has 0 aromatic heterocycles. The molecule has 2 aliphatic rings. The van der Waals surface area contributed by atoms with Gasteiger partial charge in [-0.2, -0.15) is 0 Å². The monoisotopic (exact) mass is 404 g/mol. The van der Waals surface area contributed by atoms with E-state index in [1.165, 1.54) is 4.90 Å². The van der Waals surface area contributed by atoms with Crippen LogP contribution >= 0.6 is 0 Å². The Morgan fingerprint density at radius 1 is 1.21 bits per heavy atom. The molecule has 29 heavy (non-hydrogen) atoms. The number of aliphatic carboxylic acids is 1. The number of ether oxygens (including phenoxy) is 2. The van der Waals surface area contributed by atoms with Crippen LogP contribution in [0.4, 0.5) is 5.69 Å². The highest BCUT2D eigenvalue weighted by Gasteiger charge is 2.43. The van der Waals surface area contributed by atoms with E-state index in [9.17, 15) is 24.3 Å². The Balaban J connectivity index is 1.88. The number of rotatable bonds is 5. The van der Waals surface area contributed by atoms with Gasteiger partial charge in [-0.15, -0.1) is 0 Å². The highest BCUT2D eigenvalue weighted by atomic mass is 16.6. The lowest BCUT2D eigenvalue weighted by Gasteiger charge is -2.35. The van der Waals surface area contributed by atoms with Crippen molar-refractivity contribution in [1.82, 2.24) is 4.90 Å². The minimum Gasteiger partial charge on any atom is -0.478 e. The topological polar surface area (TPSA) is 113 Å². The van der Waals surface area contributed by atoms with Crippen molar-refractivity contribution in [3.05, 3.63) is 29.3 Å². The molecule has 0 saturated carbocycles. The summed E-state index contributed by atoms with van der Waals surface area (Å²) >= 11 is 0. The minimum atomic E-state index is -1.74. The smallest absolute Gasteiger partial charge is 0.348 e. The van der Waals surface area contributed by atoms with Crippen LogP contribution in [-0.2, 0) is 23.9 Å². The maximum atomic E-state index is 13.0. The molecule has 156 valence electrons. The average Bonchev–Trinajstić information content (AvgIpc) is 3.21. The number of hydrogen-bond donors (Lipinski definition) is 1. The van der Waals surface area contributed by atoms with Crippen molar-refractivity contribution in [3.8, 4) is 0 Å². The molecule has 9 nitrogen and oxygen atoms in total. The van der Waals surface area contributed by atoms with Gasteiger partial charge >= 0.3 is 11.9 Å². The van der Waals surface area contributed by atoms with Crippen LogP contribution in [0.15, 0.2) is 18.2 Å². The number of esters is 1. The third-order valence-electron chi connectivity index (χ3n) is 5.07. The van der Waals surface area contributed by atoms with Crippen molar-refractivity contribution in [2.24, 2.45) is 0 Å². The summed E-state index contributed by atoms with van der Waals surface area (Å²) in [5.74, 6) is -3.00. The van der Waals surface area contributed by atoms with Gasteiger partial charge in [0.15, 0.2) is 6.10 Å². The molecule has 3 rings (SSSR count). The Labute approximate surface area is 168 Å². The van der Waals surface area contributed by atoms with E-state index in [1.54, 1.807) is 30.0 Å². The second-order valence-electron chi connectivity index (χ2n) is 7.15. The molecule has 2 heterocycles. The maximum Gasteiger partial charge on any atom is 0.348 e. The quantitative estimate of drug-likeness (QED) is 0.728. The lowest BCUT2D eigenvalue weighted by Crippen LogP contribution is -2.55. The standard InChI is InChI=1S/C20H24N2O7/c1-12-5-6-14(18(24)21-7-3-4-8-21)11-15(12)22-9-10-28-16(19(22)25)17(20(26)27)29-13(2)23/h5-6,11,16-17H,3-4,7-10H2,1-2H3,(H,26,27). The first kappa shape index (κ1) is 20.8. The second kappa shape index (κ2) is 8.60. The lowest BCUT2D eigenvalue weighted by molar-refractivity contribution is -0.177. The van der Waals surface area contributed by atoms with Gasteiger partial charge in [0, 0.05) is 37.8 Å². The number of amides is 2. The van der Waals surface area contributed by atoms with E-state index < -0.39 is 30.1 Å². The summed E-state index contributed by atoms with van der Waals surface area (Å²) in [6.45, 7) is 4.57. The van der Waals surface area contributed by atoms with Crippen LogP contribution < -0.4 is 4.90 Å². The molecule has 2 fully saturated rings. The van der Waals surface area contributed by atoms with Crippen LogP contribution in [-0.4, -0.2) is 72.2 Å². The molecule has 2 aliphatic heterocycles. The fourth-order valence-corrected chi connectivity index (χ4v) is 3.62. The number of hydrogen-bond acceptors (Lipinski definition) is 6. The highest BCUT2D eigenvalue weighted by Crippen LogP contribution is 2.27. The number of carbonyl (C=O) groups excluding carboxylic acids is 3. The second-order valence-corrected chi connectivity index (χ2v) is 7.15. The first-order chi connectivity index (χ1) is 13.8. The van der Waals surface area contributed by atoms with E-state index in [0.717, 1.165) is 25.3 Å². The summed E-state index contributed by atoms with van der Waals surface area (Å²) in [4.78, 5) is 51.6. The first-order valence-corrected chi connectivity index (χ1v) is 9.52. The van der Waals surface area contributed by atoms with Gasteiger partial charge in [-0.25, -0.2) is 4.79 Å². The Kier molecular flexibility index (Phi) is 6.17. The third kappa shape index (κ3) is 4.40. The zero-order valence-electron chi connectivity index (χ0n) is 16.4. The molecule has 0 radical (unpaired) electrons. The number of carbonyl (C=O) groups is 4. The van der Waals surface area contributed by atoms with Crippen LogP contribution in [0.2, 0.25) is 0 Å². The average molecular weight is 404 g/mol. The van der Waals surface area contributed by atoms with Crippen molar-refractivity contribution < 1.29 is 33.8 Å². The molecular formula is C20H24N2O7. The van der Waals surface area contributed by atoms with Crippen LogP contribution in [0.3, 0.4) is 0 Å². The predicted molar refractivity (Wildman–Crippen MR) is 102 cm³/mol. The number of carboxylic acids is 1.